The van der Waals surface area contributed by atoms with Gasteiger partial charge in [0.15, 0.2) is 0 Å². The smallest absolute Gasteiger partial charge is 0.243 e. The minimum Gasteiger partial charge on any atom is -0.492 e. The lowest BCUT2D eigenvalue weighted by Crippen LogP contribution is -2.51. The minimum absolute atomic E-state index is 0.0699. The number of rotatable bonds is 14. The van der Waals surface area contributed by atoms with Crippen LogP contribution >= 0.6 is 11.6 Å². The summed E-state index contributed by atoms with van der Waals surface area (Å²) in [4.78, 5) is 28.5. The van der Waals surface area contributed by atoms with Gasteiger partial charge in [0.1, 0.15) is 11.8 Å². The minimum atomic E-state index is -3.63. The first-order valence-corrected chi connectivity index (χ1v) is 15.9. The standard InChI is InChI=1S/C29H40ClN3O5S/c1-4-25(29(35)31-23-14-7-8-15-23)32(21-22-13-6-9-16-24(22)30)28(34)19-12-20-33(39(3,36)37)26-17-10-11-18-27(26)38-5-2/h6,9-11,13,16-18,23,25H,4-5,7-8,12,14-15,19-21H2,1-3H3,(H,31,35). The third kappa shape index (κ3) is 8.60. The molecule has 1 unspecified atom stereocenters. The number of carbonyl (C=O) groups is 2. The molecule has 8 nitrogen and oxygen atoms in total. The van der Waals surface area contributed by atoms with Gasteiger partial charge in [-0.25, -0.2) is 8.42 Å². The van der Waals surface area contributed by atoms with Crippen molar-refractivity contribution in [3.8, 4) is 5.75 Å². The Labute approximate surface area is 237 Å². The molecule has 1 fully saturated rings. The van der Waals surface area contributed by atoms with Gasteiger partial charge in [-0.1, -0.05) is 61.7 Å². The van der Waals surface area contributed by atoms with E-state index in [1.165, 1.54) is 4.31 Å². The number of amides is 2. The summed E-state index contributed by atoms with van der Waals surface area (Å²) in [5.41, 5.74) is 1.19. The van der Waals surface area contributed by atoms with E-state index in [1.807, 2.05) is 32.0 Å². The lowest BCUT2D eigenvalue weighted by Gasteiger charge is -2.32. The maximum absolute atomic E-state index is 13.6. The normalized spacial score (nSPS) is 14.6. The molecule has 0 aromatic heterocycles. The van der Waals surface area contributed by atoms with Crippen LogP contribution in [0.2, 0.25) is 5.02 Å². The monoisotopic (exact) mass is 577 g/mol. The van der Waals surface area contributed by atoms with Gasteiger partial charge in [0.05, 0.1) is 18.6 Å². The predicted octanol–water partition coefficient (Wildman–Crippen LogP) is 5.15. The van der Waals surface area contributed by atoms with E-state index in [2.05, 4.69) is 5.32 Å². The molecule has 1 N–H and O–H groups in total. The van der Waals surface area contributed by atoms with Crippen molar-refractivity contribution in [1.29, 1.82) is 0 Å². The molecule has 0 heterocycles. The number of hydrogen-bond donors (Lipinski definition) is 1. The molecule has 1 aliphatic rings. The van der Waals surface area contributed by atoms with Crippen molar-refractivity contribution in [2.24, 2.45) is 0 Å². The molecular formula is C29H40ClN3O5S. The summed E-state index contributed by atoms with van der Waals surface area (Å²) >= 11 is 6.42. The van der Waals surface area contributed by atoms with Crippen LogP contribution in [0.25, 0.3) is 0 Å². The van der Waals surface area contributed by atoms with Crippen LogP contribution < -0.4 is 14.4 Å². The molecule has 0 radical (unpaired) electrons. The SMILES string of the molecule is CCOc1ccccc1N(CCCC(=O)N(Cc1ccccc1Cl)C(CC)C(=O)NC1CCCC1)S(C)(=O)=O. The number of halogens is 1. The van der Waals surface area contributed by atoms with Gasteiger partial charge in [0.25, 0.3) is 0 Å². The summed E-state index contributed by atoms with van der Waals surface area (Å²) in [6.45, 7) is 4.41. The first-order valence-electron chi connectivity index (χ1n) is 13.7. The second-order valence-electron chi connectivity index (χ2n) is 9.87. The molecule has 39 heavy (non-hydrogen) atoms. The Bertz CT molecular complexity index is 1220. The zero-order chi connectivity index (χ0) is 28.4. The highest BCUT2D eigenvalue weighted by molar-refractivity contribution is 7.92. The molecular weight excluding hydrogens is 538 g/mol. The molecule has 0 aliphatic heterocycles. The van der Waals surface area contributed by atoms with Crippen LogP contribution in [0.1, 0.15) is 64.4 Å². The lowest BCUT2D eigenvalue weighted by atomic mass is 10.1. The van der Waals surface area contributed by atoms with Crippen molar-refractivity contribution >= 4 is 39.1 Å². The number of ether oxygens (including phenoxy) is 1. The van der Waals surface area contributed by atoms with Crippen molar-refractivity contribution < 1.29 is 22.7 Å². The van der Waals surface area contributed by atoms with Crippen LogP contribution in [0.4, 0.5) is 5.69 Å². The third-order valence-corrected chi connectivity index (χ3v) is 8.52. The van der Waals surface area contributed by atoms with Gasteiger partial charge >= 0.3 is 0 Å². The number of nitrogens with zero attached hydrogens (tertiary/aromatic N) is 2. The van der Waals surface area contributed by atoms with E-state index in [1.54, 1.807) is 35.2 Å². The number of anilines is 1. The molecule has 0 saturated heterocycles. The first-order chi connectivity index (χ1) is 18.7. The van der Waals surface area contributed by atoms with Crippen LogP contribution in [0.15, 0.2) is 48.5 Å². The second kappa shape index (κ2) is 14.6. The van der Waals surface area contributed by atoms with Crippen molar-refractivity contribution in [1.82, 2.24) is 10.2 Å². The second-order valence-corrected chi connectivity index (χ2v) is 12.2. The molecule has 10 heteroatoms. The van der Waals surface area contributed by atoms with Crippen LogP contribution in [0.5, 0.6) is 5.75 Å². The van der Waals surface area contributed by atoms with E-state index in [-0.39, 0.29) is 43.8 Å². The first kappa shape index (κ1) is 30.8. The van der Waals surface area contributed by atoms with E-state index in [4.69, 9.17) is 16.3 Å². The summed E-state index contributed by atoms with van der Waals surface area (Å²) in [6, 6.07) is 13.7. The highest BCUT2D eigenvalue weighted by Crippen LogP contribution is 2.30. The summed E-state index contributed by atoms with van der Waals surface area (Å²) in [6.07, 6.45) is 6.01. The number of sulfonamides is 1. The summed E-state index contributed by atoms with van der Waals surface area (Å²) < 4.78 is 32.3. The molecule has 2 amide bonds. The van der Waals surface area contributed by atoms with Crippen molar-refractivity contribution in [2.75, 3.05) is 23.7 Å². The molecule has 0 bridgehead atoms. The number of benzene rings is 2. The van der Waals surface area contributed by atoms with Crippen molar-refractivity contribution in [3.63, 3.8) is 0 Å². The quantitative estimate of drug-likeness (QED) is 0.335. The molecule has 3 rings (SSSR count). The lowest BCUT2D eigenvalue weighted by molar-refractivity contribution is -0.141. The molecule has 214 valence electrons. The summed E-state index contributed by atoms with van der Waals surface area (Å²) in [7, 11) is -3.63. The Morgan fingerprint density at radius 3 is 2.38 bits per heavy atom. The van der Waals surface area contributed by atoms with E-state index in [0.717, 1.165) is 37.5 Å². The van der Waals surface area contributed by atoms with Crippen molar-refractivity contribution in [2.45, 2.75) is 77.4 Å². The highest BCUT2D eigenvalue weighted by atomic mass is 35.5. The zero-order valence-corrected chi connectivity index (χ0v) is 24.6. The number of hydrogen-bond acceptors (Lipinski definition) is 5. The number of nitrogens with one attached hydrogen (secondary N) is 1. The van der Waals surface area contributed by atoms with E-state index in [9.17, 15) is 18.0 Å². The van der Waals surface area contributed by atoms with Gasteiger partial charge < -0.3 is 15.0 Å². The van der Waals surface area contributed by atoms with Crippen LogP contribution in [0.3, 0.4) is 0 Å². The Morgan fingerprint density at radius 2 is 1.74 bits per heavy atom. The average molecular weight is 578 g/mol. The Hall–Kier alpha value is -2.78. The van der Waals surface area contributed by atoms with E-state index < -0.39 is 16.1 Å². The molecule has 1 atom stereocenters. The van der Waals surface area contributed by atoms with Gasteiger partial charge in [-0.15, -0.1) is 0 Å². The highest BCUT2D eigenvalue weighted by Gasteiger charge is 2.31. The van der Waals surface area contributed by atoms with Crippen LogP contribution in [-0.4, -0.2) is 56.6 Å². The largest absolute Gasteiger partial charge is 0.492 e. The maximum atomic E-state index is 13.6. The fourth-order valence-electron chi connectivity index (χ4n) is 5.02. The molecule has 1 aliphatic carbocycles. The van der Waals surface area contributed by atoms with Gasteiger partial charge in [0.2, 0.25) is 21.8 Å². The van der Waals surface area contributed by atoms with Crippen molar-refractivity contribution in [3.05, 3.63) is 59.1 Å². The summed E-state index contributed by atoms with van der Waals surface area (Å²) in [5.74, 6) is 0.0785. The van der Waals surface area contributed by atoms with E-state index >= 15 is 0 Å². The summed E-state index contributed by atoms with van der Waals surface area (Å²) in [5, 5.41) is 3.66. The predicted molar refractivity (Wildman–Crippen MR) is 156 cm³/mol. The number of carbonyl (C=O) groups excluding carboxylic acids is 2. The van der Waals surface area contributed by atoms with Gasteiger partial charge in [-0.3, -0.25) is 13.9 Å². The molecule has 2 aromatic rings. The maximum Gasteiger partial charge on any atom is 0.243 e. The number of para-hydroxylation sites is 2. The Morgan fingerprint density at radius 1 is 1.08 bits per heavy atom. The van der Waals surface area contributed by atoms with E-state index in [0.29, 0.717) is 29.5 Å². The van der Waals surface area contributed by atoms with Crippen LogP contribution in [-0.2, 0) is 26.2 Å². The topological polar surface area (TPSA) is 96.0 Å². The Kier molecular flexibility index (Phi) is 11.5. The molecule has 0 spiro atoms. The average Bonchev–Trinajstić information content (AvgIpc) is 3.40. The van der Waals surface area contributed by atoms with Gasteiger partial charge in [-0.05, 0) is 56.4 Å². The molecule has 1 saturated carbocycles. The third-order valence-electron chi connectivity index (χ3n) is 6.97. The van der Waals surface area contributed by atoms with Gasteiger partial charge in [-0.2, -0.15) is 0 Å². The van der Waals surface area contributed by atoms with Gasteiger partial charge in [0, 0.05) is 30.6 Å². The fraction of sp³-hybridized carbons (Fsp3) is 0.517. The van der Waals surface area contributed by atoms with Crippen LogP contribution in [0, 0.1) is 0 Å². The zero-order valence-electron chi connectivity index (χ0n) is 23.1. The molecule has 2 aromatic carbocycles. The Balaban J connectivity index is 1.78. The fourth-order valence-corrected chi connectivity index (χ4v) is 6.18.